The van der Waals surface area contributed by atoms with E-state index in [9.17, 15) is 9.59 Å². The fraction of sp³-hybridized carbons (Fsp3) is 0.125. The van der Waals surface area contributed by atoms with Crippen molar-refractivity contribution >= 4 is 35.3 Å². The fourth-order valence-corrected chi connectivity index (χ4v) is 2.78. The van der Waals surface area contributed by atoms with Crippen molar-refractivity contribution in [3.05, 3.63) is 83.4 Å². The second kappa shape index (κ2) is 12.1. The first-order valence-corrected chi connectivity index (χ1v) is 10.3. The Morgan fingerprint density at radius 1 is 0.879 bits per heavy atom. The molecule has 33 heavy (non-hydrogen) atoms. The van der Waals surface area contributed by atoms with Crippen LogP contribution in [0.25, 0.3) is 0 Å². The summed E-state index contributed by atoms with van der Waals surface area (Å²) in [5, 5.41) is 7.14. The molecular formula is C24H22ClN3O5. The molecule has 0 saturated carbocycles. The molecule has 8 nitrogen and oxygen atoms in total. The van der Waals surface area contributed by atoms with Crippen LogP contribution in [0.2, 0.25) is 5.02 Å². The van der Waals surface area contributed by atoms with Crippen LogP contribution < -0.4 is 25.0 Å². The highest BCUT2D eigenvalue weighted by Crippen LogP contribution is 2.17. The van der Waals surface area contributed by atoms with Gasteiger partial charge in [0.15, 0.2) is 13.2 Å². The molecule has 0 unspecified atom stereocenters. The van der Waals surface area contributed by atoms with Gasteiger partial charge in [0.05, 0.1) is 13.3 Å². The predicted molar refractivity (Wildman–Crippen MR) is 126 cm³/mol. The number of benzene rings is 3. The average Bonchev–Trinajstić information content (AvgIpc) is 2.82. The number of nitrogens with zero attached hydrogens (tertiary/aromatic N) is 1. The Morgan fingerprint density at radius 2 is 1.48 bits per heavy atom. The van der Waals surface area contributed by atoms with Crippen molar-refractivity contribution in [2.24, 2.45) is 5.10 Å². The van der Waals surface area contributed by atoms with Crippen molar-refractivity contribution in [3.8, 4) is 17.2 Å². The number of hydrazone groups is 1. The van der Waals surface area contributed by atoms with Crippen LogP contribution in [0, 0.1) is 0 Å². The van der Waals surface area contributed by atoms with Crippen LogP contribution >= 0.6 is 11.6 Å². The van der Waals surface area contributed by atoms with Gasteiger partial charge < -0.3 is 19.5 Å². The highest BCUT2D eigenvalue weighted by atomic mass is 35.5. The summed E-state index contributed by atoms with van der Waals surface area (Å²) in [6, 6.07) is 20.6. The maximum atomic E-state index is 12.0. The Balaban J connectivity index is 1.38. The molecule has 3 aromatic rings. The number of ether oxygens (including phenoxy) is 3. The lowest BCUT2D eigenvalue weighted by atomic mass is 10.2. The Kier molecular flexibility index (Phi) is 8.67. The molecule has 0 aliphatic rings. The standard InChI is InChI=1S/C24H22ClN3O5/c1-31-20-9-11-22(12-10-20)33-16-24(30)28-26-14-17-5-7-21(8-6-17)32-15-23(29)27-19-4-2-3-18(25)13-19/h2-14H,15-16H2,1H3,(H,27,29)(H,28,30)/b26-14-. The van der Waals surface area contributed by atoms with Crippen LogP contribution in [0.3, 0.4) is 0 Å². The van der Waals surface area contributed by atoms with Crippen LogP contribution in [-0.4, -0.2) is 38.4 Å². The summed E-state index contributed by atoms with van der Waals surface area (Å²) in [6.45, 7) is -0.322. The first-order chi connectivity index (χ1) is 16.0. The summed E-state index contributed by atoms with van der Waals surface area (Å²) in [5.41, 5.74) is 3.73. The Hall–Kier alpha value is -4.04. The molecule has 0 atom stereocenters. The van der Waals surface area contributed by atoms with E-state index in [1.807, 2.05) is 0 Å². The average molecular weight is 468 g/mol. The van der Waals surface area contributed by atoms with E-state index in [2.05, 4.69) is 15.8 Å². The molecule has 0 aliphatic carbocycles. The molecule has 0 fully saturated rings. The Morgan fingerprint density at radius 3 is 2.12 bits per heavy atom. The summed E-state index contributed by atoms with van der Waals surface area (Å²) in [4.78, 5) is 23.8. The molecule has 2 N–H and O–H groups in total. The number of nitrogens with one attached hydrogen (secondary N) is 2. The molecular weight excluding hydrogens is 446 g/mol. The minimum absolute atomic E-state index is 0.149. The van der Waals surface area contributed by atoms with E-state index in [0.29, 0.717) is 28.0 Å². The van der Waals surface area contributed by atoms with Crippen molar-refractivity contribution in [1.82, 2.24) is 5.43 Å². The summed E-state index contributed by atoms with van der Waals surface area (Å²) >= 11 is 5.89. The molecule has 0 heterocycles. The second-order valence-electron chi connectivity index (χ2n) is 6.67. The molecule has 0 aromatic heterocycles. The van der Waals surface area contributed by atoms with Crippen LogP contribution in [0.4, 0.5) is 5.69 Å². The molecule has 9 heteroatoms. The number of methoxy groups -OCH3 is 1. The normalized spacial score (nSPS) is 10.5. The van der Waals surface area contributed by atoms with Gasteiger partial charge >= 0.3 is 0 Å². The minimum atomic E-state index is -0.396. The third-order valence-electron chi connectivity index (χ3n) is 4.19. The largest absolute Gasteiger partial charge is 0.497 e. The van der Waals surface area contributed by atoms with E-state index in [0.717, 1.165) is 5.56 Å². The predicted octanol–water partition coefficient (Wildman–Crippen LogP) is 3.90. The van der Waals surface area contributed by atoms with E-state index in [1.54, 1.807) is 79.9 Å². The minimum Gasteiger partial charge on any atom is -0.497 e. The topological polar surface area (TPSA) is 98.2 Å². The van der Waals surface area contributed by atoms with Gasteiger partial charge in [0, 0.05) is 10.7 Å². The summed E-state index contributed by atoms with van der Waals surface area (Å²) in [6.07, 6.45) is 1.49. The van der Waals surface area contributed by atoms with E-state index < -0.39 is 5.91 Å². The lowest BCUT2D eigenvalue weighted by Crippen LogP contribution is -2.24. The number of amides is 2. The number of hydrogen-bond acceptors (Lipinski definition) is 6. The van der Waals surface area contributed by atoms with Gasteiger partial charge in [-0.1, -0.05) is 17.7 Å². The van der Waals surface area contributed by atoms with Gasteiger partial charge in [0.25, 0.3) is 11.8 Å². The maximum absolute atomic E-state index is 12.0. The van der Waals surface area contributed by atoms with Gasteiger partial charge in [-0.3, -0.25) is 9.59 Å². The van der Waals surface area contributed by atoms with Gasteiger partial charge in [-0.2, -0.15) is 5.10 Å². The highest BCUT2D eigenvalue weighted by Gasteiger charge is 2.05. The highest BCUT2D eigenvalue weighted by molar-refractivity contribution is 6.30. The quantitative estimate of drug-likeness (QED) is 0.348. The lowest BCUT2D eigenvalue weighted by Gasteiger charge is -2.08. The molecule has 0 aliphatic heterocycles. The first-order valence-electron chi connectivity index (χ1n) is 9.89. The smallest absolute Gasteiger partial charge is 0.277 e. The first kappa shape index (κ1) is 23.6. The SMILES string of the molecule is COc1ccc(OCC(=O)N/N=C\c2ccc(OCC(=O)Nc3cccc(Cl)c3)cc2)cc1. The number of anilines is 1. The number of rotatable bonds is 10. The van der Waals surface area contributed by atoms with Crippen molar-refractivity contribution in [3.63, 3.8) is 0 Å². The van der Waals surface area contributed by atoms with Crippen molar-refractivity contribution in [1.29, 1.82) is 0 Å². The molecule has 0 spiro atoms. The molecule has 0 radical (unpaired) electrons. The van der Waals surface area contributed by atoms with Gasteiger partial charge in [-0.25, -0.2) is 5.43 Å². The molecule has 0 bridgehead atoms. The molecule has 3 rings (SSSR count). The lowest BCUT2D eigenvalue weighted by molar-refractivity contribution is -0.123. The maximum Gasteiger partial charge on any atom is 0.277 e. The molecule has 3 aromatic carbocycles. The third kappa shape index (κ3) is 8.19. The van der Waals surface area contributed by atoms with Crippen LogP contribution in [0.5, 0.6) is 17.2 Å². The van der Waals surface area contributed by atoms with Crippen molar-refractivity contribution < 1.29 is 23.8 Å². The summed E-state index contributed by atoms with van der Waals surface area (Å²) < 4.78 is 15.9. The number of carbonyl (C=O) groups excluding carboxylic acids is 2. The summed E-state index contributed by atoms with van der Waals surface area (Å²) in [5.74, 6) is 1.07. The number of hydrogen-bond donors (Lipinski definition) is 2. The van der Waals surface area contributed by atoms with Crippen LogP contribution in [-0.2, 0) is 9.59 Å². The molecule has 170 valence electrons. The Bertz CT molecular complexity index is 1100. The molecule has 0 saturated heterocycles. The van der Waals surface area contributed by atoms with Gasteiger partial charge in [-0.05, 0) is 72.3 Å². The third-order valence-corrected chi connectivity index (χ3v) is 4.43. The van der Waals surface area contributed by atoms with Crippen molar-refractivity contribution in [2.45, 2.75) is 0 Å². The van der Waals surface area contributed by atoms with Gasteiger partial charge in [0.1, 0.15) is 17.2 Å². The Labute approximate surface area is 196 Å². The van der Waals surface area contributed by atoms with Crippen LogP contribution in [0.15, 0.2) is 77.9 Å². The number of halogens is 1. The zero-order chi connectivity index (χ0) is 23.5. The fourth-order valence-electron chi connectivity index (χ4n) is 2.59. The van der Waals surface area contributed by atoms with Gasteiger partial charge in [-0.15, -0.1) is 0 Å². The second-order valence-corrected chi connectivity index (χ2v) is 7.11. The summed E-state index contributed by atoms with van der Waals surface area (Å²) in [7, 11) is 1.57. The van der Waals surface area contributed by atoms with E-state index in [-0.39, 0.29) is 19.1 Å². The zero-order valence-electron chi connectivity index (χ0n) is 17.8. The number of carbonyl (C=O) groups is 2. The monoisotopic (exact) mass is 467 g/mol. The van der Waals surface area contributed by atoms with Crippen LogP contribution in [0.1, 0.15) is 5.56 Å². The molecule has 2 amide bonds. The van der Waals surface area contributed by atoms with E-state index in [1.165, 1.54) is 6.21 Å². The van der Waals surface area contributed by atoms with E-state index in [4.69, 9.17) is 25.8 Å². The zero-order valence-corrected chi connectivity index (χ0v) is 18.5. The van der Waals surface area contributed by atoms with Crippen molar-refractivity contribution in [2.75, 3.05) is 25.6 Å². The van der Waals surface area contributed by atoms with E-state index >= 15 is 0 Å². The van der Waals surface area contributed by atoms with Gasteiger partial charge in [0.2, 0.25) is 0 Å².